The van der Waals surface area contributed by atoms with Crippen LogP contribution in [0.1, 0.15) is 22.3 Å². The number of anilines is 1. The van der Waals surface area contributed by atoms with Gasteiger partial charge >= 0.3 is 0 Å². The molecule has 2 aromatic carbocycles. The zero-order valence-electron chi connectivity index (χ0n) is 15.9. The number of carbonyl (C=O) groups excluding carboxylic acids is 1. The SMILES string of the molecule is COc1ccc(C(=O)CN(C2=NCCCS2)c2ccccc2C)cc1OC. The number of rotatable bonds is 6. The van der Waals surface area contributed by atoms with Crippen molar-refractivity contribution in [2.45, 2.75) is 13.3 Å². The van der Waals surface area contributed by atoms with E-state index in [2.05, 4.69) is 18.0 Å². The molecule has 0 aliphatic carbocycles. The zero-order chi connectivity index (χ0) is 19.2. The number of carbonyl (C=O) groups is 1. The van der Waals surface area contributed by atoms with Crippen LogP contribution in [0.5, 0.6) is 11.5 Å². The summed E-state index contributed by atoms with van der Waals surface area (Å²) in [6.07, 6.45) is 1.07. The van der Waals surface area contributed by atoms with E-state index >= 15 is 0 Å². The highest BCUT2D eigenvalue weighted by Crippen LogP contribution is 2.29. The molecule has 1 aliphatic rings. The number of nitrogens with zero attached hydrogens (tertiary/aromatic N) is 2. The lowest BCUT2D eigenvalue weighted by atomic mass is 10.1. The molecule has 0 atom stereocenters. The predicted octanol–water partition coefficient (Wildman–Crippen LogP) is 4.19. The van der Waals surface area contributed by atoms with E-state index < -0.39 is 0 Å². The number of benzene rings is 2. The number of aryl methyl sites for hydroxylation is 1. The lowest BCUT2D eigenvalue weighted by Gasteiger charge is -2.28. The molecule has 6 heteroatoms. The van der Waals surface area contributed by atoms with Gasteiger partial charge < -0.3 is 14.4 Å². The summed E-state index contributed by atoms with van der Waals surface area (Å²) in [5.41, 5.74) is 2.72. The Bertz CT molecular complexity index is 851. The number of ketones is 1. The van der Waals surface area contributed by atoms with Gasteiger partial charge in [0.15, 0.2) is 22.4 Å². The molecule has 0 aromatic heterocycles. The van der Waals surface area contributed by atoms with Crippen molar-refractivity contribution in [1.82, 2.24) is 0 Å². The number of methoxy groups -OCH3 is 2. The minimum Gasteiger partial charge on any atom is -0.493 e. The van der Waals surface area contributed by atoms with Crippen LogP contribution in [0.3, 0.4) is 0 Å². The number of hydrogen-bond acceptors (Lipinski definition) is 6. The van der Waals surface area contributed by atoms with Gasteiger partial charge in [-0.1, -0.05) is 30.0 Å². The Morgan fingerprint density at radius 1 is 1.15 bits per heavy atom. The molecule has 142 valence electrons. The monoisotopic (exact) mass is 384 g/mol. The summed E-state index contributed by atoms with van der Waals surface area (Å²) in [7, 11) is 3.15. The van der Waals surface area contributed by atoms with Gasteiger partial charge in [0.1, 0.15) is 0 Å². The summed E-state index contributed by atoms with van der Waals surface area (Å²) < 4.78 is 10.6. The molecule has 0 spiro atoms. The van der Waals surface area contributed by atoms with Crippen molar-refractivity contribution in [3.8, 4) is 11.5 Å². The molecular formula is C21H24N2O3S. The van der Waals surface area contributed by atoms with E-state index in [1.54, 1.807) is 44.2 Å². The molecule has 27 heavy (non-hydrogen) atoms. The molecule has 1 aliphatic heterocycles. The van der Waals surface area contributed by atoms with Gasteiger partial charge in [0.25, 0.3) is 0 Å². The lowest BCUT2D eigenvalue weighted by Crippen LogP contribution is -2.36. The van der Waals surface area contributed by atoms with Crippen molar-refractivity contribution in [1.29, 1.82) is 0 Å². The first-order chi connectivity index (χ1) is 13.1. The summed E-state index contributed by atoms with van der Waals surface area (Å²) in [5.74, 6) is 2.19. The standard InChI is InChI=1S/C21H24N2O3S/c1-15-7-4-5-8-17(15)23(21-22-11-6-12-27-21)14-18(24)16-9-10-19(25-2)20(13-16)26-3/h4-5,7-10,13H,6,11-12,14H2,1-3H3. The van der Waals surface area contributed by atoms with Crippen molar-refractivity contribution < 1.29 is 14.3 Å². The average molecular weight is 385 g/mol. The third-order valence-electron chi connectivity index (χ3n) is 4.43. The maximum absolute atomic E-state index is 13.0. The van der Waals surface area contributed by atoms with E-state index in [0.717, 1.165) is 35.1 Å². The van der Waals surface area contributed by atoms with Gasteiger partial charge in [-0.15, -0.1) is 0 Å². The third-order valence-corrected chi connectivity index (χ3v) is 5.53. The van der Waals surface area contributed by atoms with Crippen LogP contribution in [0.15, 0.2) is 47.5 Å². The molecule has 0 amide bonds. The van der Waals surface area contributed by atoms with E-state index in [1.165, 1.54) is 0 Å². The molecule has 0 saturated heterocycles. The number of aliphatic imine (C=N–C) groups is 1. The van der Waals surface area contributed by atoms with Crippen LogP contribution < -0.4 is 14.4 Å². The first-order valence-electron chi connectivity index (χ1n) is 8.89. The fraction of sp³-hybridized carbons (Fsp3) is 0.333. The van der Waals surface area contributed by atoms with Crippen LogP contribution in [-0.4, -0.2) is 44.0 Å². The first-order valence-corrected chi connectivity index (χ1v) is 9.88. The van der Waals surface area contributed by atoms with E-state index in [-0.39, 0.29) is 12.3 Å². The molecule has 0 radical (unpaired) electrons. The van der Waals surface area contributed by atoms with E-state index in [4.69, 9.17) is 9.47 Å². The number of Topliss-reactive ketones (excluding diaryl/α,β-unsaturated/α-hetero) is 1. The van der Waals surface area contributed by atoms with Crippen molar-refractivity contribution >= 4 is 28.4 Å². The van der Waals surface area contributed by atoms with Gasteiger partial charge in [-0.2, -0.15) is 0 Å². The van der Waals surface area contributed by atoms with Crippen molar-refractivity contribution in [3.05, 3.63) is 53.6 Å². The number of ether oxygens (including phenoxy) is 2. The molecule has 5 nitrogen and oxygen atoms in total. The van der Waals surface area contributed by atoms with Crippen LogP contribution in [0.25, 0.3) is 0 Å². The van der Waals surface area contributed by atoms with Gasteiger partial charge in [-0.25, -0.2) is 0 Å². The van der Waals surface area contributed by atoms with E-state index in [1.807, 2.05) is 23.1 Å². The van der Waals surface area contributed by atoms with Gasteiger partial charge in [0.05, 0.1) is 20.8 Å². The first kappa shape index (κ1) is 19.3. The Morgan fingerprint density at radius 2 is 1.93 bits per heavy atom. The van der Waals surface area contributed by atoms with Gasteiger partial charge in [0, 0.05) is 23.5 Å². The smallest absolute Gasteiger partial charge is 0.182 e. The highest BCUT2D eigenvalue weighted by atomic mass is 32.2. The van der Waals surface area contributed by atoms with Gasteiger partial charge in [0.2, 0.25) is 0 Å². The Morgan fingerprint density at radius 3 is 2.59 bits per heavy atom. The van der Waals surface area contributed by atoms with Crippen LogP contribution in [0.4, 0.5) is 5.69 Å². The molecule has 0 N–H and O–H groups in total. The van der Waals surface area contributed by atoms with Crippen molar-refractivity contribution in [3.63, 3.8) is 0 Å². The Labute approximate surface area is 164 Å². The fourth-order valence-corrected chi connectivity index (χ4v) is 3.94. The van der Waals surface area contributed by atoms with Crippen LogP contribution >= 0.6 is 11.8 Å². The fourth-order valence-electron chi connectivity index (χ4n) is 2.98. The third kappa shape index (κ3) is 4.45. The number of amidine groups is 1. The molecule has 2 aromatic rings. The van der Waals surface area contributed by atoms with E-state index in [0.29, 0.717) is 17.1 Å². The number of hydrogen-bond donors (Lipinski definition) is 0. The molecule has 0 saturated carbocycles. The topological polar surface area (TPSA) is 51.1 Å². The maximum atomic E-state index is 13.0. The largest absolute Gasteiger partial charge is 0.493 e. The summed E-state index contributed by atoms with van der Waals surface area (Å²) in [4.78, 5) is 19.7. The molecular weight excluding hydrogens is 360 g/mol. The Kier molecular flexibility index (Phi) is 6.40. The van der Waals surface area contributed by atoms with Crippen LogP contribution in [-0.2, 0) is 0 Å². The lowest BCUT2D eigenvalue weighted by molar-refractivity contribution is 0.100. The highest BCUT2D eigenvalue weighted by molar-refractivity contribution is 8.14. The summed E-state index contributed by atoms with van der Waals surface area (Å²) in [6, 6.07) is 13.3. The minimum absolute atomic E-state index is 0.00748. The van der Waals surface area contributed by atoms with Crippen LogP contribution in [0, 0.1) is 6.92 Å². The van der Waals surface area contributed by atoms with Gasteiger partial charge in [-0.3, -0.25) is 9.79 Å². The van der Waals surface area contributed by atoms with Crippen molar-refractivity contribution in [2.75, 3.05) is 38.0 Å². The predicted molar refractivity (Wildman–Crippen MR) is 112 cm³/mol. The summed E-state index contributed by atoms with van der Waals surface area (Å²) >= 11 is 1.70. The molecule has 0 fully saturated rings. The number of thioether (sulfide) groups is 1. The molecule has 3 rings (SSSR count). The normalized spacial score (nSPS) is 13.7. The van der Waals surface area contributed by atoms with E-state index in [9.17, 15) is 4.79 Å². The molecule has 0 unspecified atom stereocenters. The second kappa shape index (κ2) is 8.95. The van der Waals surface area contributed by atoms with Crippen LogP contribution in [0.2, 0.25) is 0 Å². The maximum Gasteiger partial charge on any atom is 0.182 e. The second-order valence-corrected chi connectivity index (χ2v) is 7.29. The zero-order valence-corrected chi connectivity index (χ0v) is 16.7. The van der Waals surface area contributed by atoms with Gasteiger partial charge in [-0.05, 0) is 43.2 Å². The molecule has 1 heterocycles. The summed E-state index contributed by atoms with van der Waals surface area (Å²) in [5, 5.41) is 0.907. The summed E-state index contributed by atoms with van der Waals surface area (Å²) in [6.45, 7) is 3.08. The quantitative estimate of drug-likeness (QED) is 0.699. The van der Waals surface area contributed by atoms with Crippen molar-refractivity contribution in [2.24, 2.45) is 4.99 Å². The average Bonchev–Trinajstić information content (AvgIpc) is 2.72. The number of para-hydroxylation sites is 1. The highest BCUT2D eigenvalue weighted by Gasteiger charge is 2.22. The Hall–Kier alpha value is -2.47. The second-order valence-electron chi connectivity index (χ2n) is 6.23. The minimum atomic E-state index is 0.00748. The molecule has 0 bridgehead atoms. The Balaban J connectivity index is 1.91.